The molecule has 0 aliphatic heterocycles. The largest absolute Gasteiger partial charge is 0.332 e. The van der Waals surface area contributed by atoms with Crippen LogP contribution >= 0.6 is 0 Å². The van der Waals surface area contributed by atoms with Gasteiger partial charge in [-0.3, -0.25) is 5.10 Å². The Balaban J connectivity index is 1.82. The van der Waals surface area contributed by atoms with Gasteiger partial charge in [0.2, 0.25) is 5.82 Å². The Kier molecular flexibility index (Phi) is 2.35. The Morgan fingerprint density at radius 1 is 0.900 bits per heavy atom. The molecule has 20 heavy (non-hydrogen) atoms. The van der Waals surface area contributed by atoms with Gasteiger partial charge in [-0.2, -0.15) is 10.1 Å². The fourth-order valence-corrected chi connectivity index (χ4v) is 2.15. The lowest BCUT2D eigenvalue weighted by atomic mass is 10.2. The molecule has 0 unspecified atom stereocenters. The predicted molar refractivity (Wildman–Crippen MR) is 74.8 cm³/mol. The van der Waals surface area contributed by atoms with Crippen LogP contribution in [0.1, 0.15) is 0 Å². The van der Waals surface area contributed by atoms with E-state index in [1.165, 1.54) is 0 Å². The van der Waals surface area contributed by atoms with E-state index in [0.29, 0.717) is 17.4 Å². The number of H-pyrrole nitrogens is 1. The van der Waals surface area contributed by atoms with Gasteiger partial charge >= 0.3 is 0 Å². The van der Waals surface area contributed by atoms with E-state index < -0.39 is 0 Å². The molecular weight excluding hydrogens is 252 g/mol. The lowest BCUT2D eigenvalue weighted by Crippen LogP contribution is -1.81. The van der Waals surface area contributed by atoms with Crippen LogP contribution in [0.3, 0.4) is 0 Å². The minimum atomic E-state index is 0.418. The van der Waals surface area contributed by atoms with Crippen molar-refractivity contribution in [2.24, 2.45) is 0 Å². The summed E-state index contributed by atoms with van der Waals surface area (Å²) in [4.78, 5) is 4.41. The fourth-order valence-electron chi connectivity index (χ4n) is 2.15. The van der Waals surface area contributed by atoms with Gasteiger partial charge < -0.3 is 4.52 Å². The van der Waals surface area contributed by atoms with Crippen molar-refractivity contribution in [2.75, 3.05) is 0 Å². The molecule has 5 nitrogen and oxygen atoms in total. The van der Waals surface area contributed by atoms with Gasteiger partial charge in [-0.1, -0.05) is 53.7 Å². The second-order valence-electron chi connectivity index (χ2n) is 4.41. The minimum absolute atomic E-state index is 0.418. The predicted octanol–water partition coefficient (Wildman–Crippen LogP) is 3.28. The van der Waals surface area contributed by atoms with Crippen LogP contribution in [-0.2, 0) is 0 Å². The summed E-state index contributed by atoms with van der Waals surface area (Å²) in [6.45, 7) is 0. The molecule has 5 heteroatoms. The zero-order chi connectivity index (χ0) is 13.4. The highest BCUT2D eigenvalue weighted by Crippen LogP contribution is 2.26. The third-order valence-electron chi connectivity index (χ3n) is 3.13. The van der Waals surface area contributed by atoms with Gasteiger partial charge in [0, 0.05) is 10.9 Å². The molecule has 1 N–H and O–H groups in total. The number of hydrogen-bond donors (Lipinski definition) is 1. The normalized spacial score (nSPS) is 11.0. The summed E-state index contributed by atoms with van der Waals surface area (Å²) in [7, 11) is 0. The van der Waals surface area contributed by atoms with Crippen LogP contribution in [0.5, 0.6) is 0 Å². The average Bonchev–Trinajstić information content (AvgIpc) is 3.14. The van der Waals surface area contributed by atoms with Gasteiger partial charge in [-0.25, -0.2) is 0 Å². The van der Waals surface area contributed by atoms with Crippen LogP contribution < -0.4 is 0 Å². The second kappa shape index (κ2) is 4.31. The first-order valence-corrected chi connectivity index (χ1v) is 6.24. The molecule has 0 amide bonds. The van der Waals surface area contributed by atoms with Crippen LogP contribution in [0.2, 0.25) is 0 Å². The minimum Gasteiger partial charge on any atom is -0.332 e. The third-order valence-corrected chi connectivity index (χ3v) is 3.13. The second-order valence-corrected chi connectivity index (χ2v) is 4.41. The van der Waals surface area contributed by atoms with E-state index in [1.807, 2.05) is 54.6 Å². The summed E-state index contributed by atoms with van der Waals surface area (Å²) in [6, 6.07) is 17.6. The molecule has 0 spiro atoms. The highest BCUT2D eigenvalue weighted by molar-refractivity contribution is 5.90. The fraction of sp³-hybridized carbons (Fsp3) is 0. The van der Waals surface area contributed by atoms with Gasteiger partial charge in [0.05, 0.1) is 5.52 Å². The first kappa shape index (κ1) is 10.9. The van der Waals surface area contributed by atoms with Gasteiger partial charge in [0.15, 0.2) is 5.69 Å². The molecule has 0 saturated carbocycles. The van der Waals surface area contributed by atoms with E-state index in [1.54, 1.807) is 0 Å². The van der Waals surface area contributed by atoms with Crippen molar-refractivity contribution < 1.29 is 4.52 Å². The number of benzene rings is 2. The lowest BCUT2D eigenvalue weighted by Gasteiger charge is -1.90. The molecule has 0 fully saturated rings. The topological polar surface area (TPSA) is 67.6 Å². The van der Waals surface area contributed by atoms with Crippen molar-refractivity contribution >= 4 is 10.9 Å². The van der Waals surface area contributed by atoms with Crippen molar-refractivity contribution in [2.45, 2.75) is 0 Å². The van der Waals surface area contributed by atoms with Crippen LogP contribution in [0.25, 0.3) is 33.9 Å². The maximum atomic E-state index is 5.33. The van der Waals surface area contributed by atoms with E-state index in [4.69, 9.17) is 4.52 Å². The summed E-state index contributed by atoms with van der Waals surface area (Å²) in [6.07, 6.45) is 0. The number of aromatic amines is 1. The molecule has 0 atom stereocenters. The van der Waals surface area contributed by atoms with Crippen molar-refractivity contribution in [1.82, 2.24) is 20.3 Å². The molecule has 4 rings (SSSR count). The molecule has 0 radical (unpaired) electrons. The smallest absolute Gasteiger partial charge is 0.279 e. The number of fused-ring (bicyclic) bond motifs is 1. The summed E-state index contributed by atoms with van der Waals surface area (Å²) in [5.41, 5.74) is 2.54. The van der Waals surface area contributed by atoms with E-state index in [0.717, 1.165) is 16.5 Å². The number of para-hydroxylation sites is 1. The zero-order valence-electron chi connectivity index (χ0n) is 10.4. The Morgan fingerprint density at radius 3 is 2.60 bits per heavy atom. The van der Waals surface area contributed by atoms with Crippen LogP contribution in [0.4, 0.5) is 0 Å². The van der Waals surface area contributed by atoms with Crippen LogP contribution in [-0.4, -0.2) is 20.3 Å². The summed E-state index contributed by atoms with van der Waals surface area (Å²) >= 11 is 0. The quantitative estimate of drug-likeness (QED) is 0.602. The van der Waals surface area contributed by atoms with Gasteiger partial charge in [0.25, 0.3) is 5.89 Å². The molecule has 2 aromatic heterocycles. The van der Waals surface area contributed by atoms with Gasteiger partial charge in [-0.15, -0.1) is 0 Å². The Morgan fingerprint density at radius 2 is 1.70 bits per heavy atom. The molecule has 4 aromatic rings. The Labute approximate surface area is 114 Å². The molecular formula is C15H10N4O. The molecule has 0 aliphatic carbocycles. The Hall–Kier alpha value is -2.95. The number of nitrogens with zero attached hydrogens (tertiary/aromatic N) is 3. The van der Waals surface area contributed by atoms with Crippen LogP contribution in [0, 0.1) is 0 Å². The third kappa shape index (κ3) is 1.68. The number of nitrogens with one attached hydrogen (secondary N) is 1. The van der Waals surface area contributed by atoms with Gasteiger partial charge in [-0.05, 0) is 6.07 Å². The highest BCUT2D eigenvalue weighted by Gasteiger charge is 2.15. The van der Waals surface area contributed by atoms with E-state index in [9.17, 15) is 0 Å². The van der Waals surface area contributed by atoms with Crippen LogP contribution in [0.15, 0.2) is 59.1 Å². The van der Waals surface area contributed by atoms with Crippen molar-refractivity contribution in [1.29, 1.82) is 0 Å². The van der Waals surface area contributed by atoms with E-state index in [-0.39, 0.29) is 0 Å². The molecule has 0 saturated heterocycles. The molecule has 2 heterocycles. The summed E-state index contributed by atoms with van der Waals surface area (Å²) in [5.74, 6) is 0.981. The molecule has 0 bridgehead atoms. The number of aromatic nitrogens is 4. The van der Waals surface area contributed by atoms with Crippen molar-refractivity contribution in [3.8, 4) is 23.0 Å². The SMILES string of the molecule is c1ccc(-c2noc(-c3n[nH]c4ccccc34)n2)cc1. The summed E-state index contributed by atoms with van der Waals surface area (Å²) < 4.78 is 5.33. The Bertz CT molecular complexity index is 864. The molecule has 96 valence electrons. The monoisotopic (exact) mass is 262 g/mol. The number of rotatable bonds is 2. The zero-order valence-corrected chi connectivity index (χ0v) is 10.4. The van der Waals surface area contributed by atoms with Crippen molar-refractivity contribution in [3.63, 3.8) is 0 Å². The first-order chi connectivity index (χ1) is 9.92. The highest BCUT2D eigenvalue weighted by atomic mass is 16.5. The van der Waals surface area contributed by atoms with E-state index in [2.05, 4.69) is 20.3 Å². The van der Waals surface area contributed by atoms with Crippen molar-refractivity contribution in [3.05, 3.63) is 54.6 Å². The number of hydrogen-bond acceptors (Lipinski definition) is 4. The maximum absolute atomic E-state index is 5.33. The first-order valence-electron chi connectivity index (χ1n) is 6.24. The van der Waals surface area contributed by atoms with Gasteiger partial charge in [0.1, 0.15) is 0 Å². The maximum Gasteiger partial charge on any atom is 0.279 e. The molecule has 0 aliphatic rings. The summed E-state index contributed by atoms with van der Waals surface area (Å²) in [5, 5.41) is 12.2. The lowest BCUT2D eigenvalue weighted by molar-refractivity contribution is 0.431. The standard InChI is InChI=1S/C15H10N4O/c1-2-6-10(7-3-1)14-16-15(20-19-14)13-11-8-4-5-9-12(11)17-18-13/h1-9H,(H,17,18). The van der Waals surface area contributed by atoms with E-state index >= 15 is 0 Å². The molecule has 2 aromatic carbocycles. The average molecular weight is 262 g/mol.